The van der Waals surface area contributed by atoms with Gasteiger partial charge in [-0.1, -0.05) is 116 Å². The van der Waals surface area contributed by atoms with Gasteiger partial charge in [0.2, 0.25) is 0 Å². The molecule has 0 amide bonds. The van der Waals surface area contributed by atoms with E-state index in [1.165, 1.54) is 27.8 Å². The molecule has 0 heterocycles. The summed E-state index contributed by atoms with van der Waals surface area (Å²) in [6.45, 7) is 10.3. The van der Waals surface area contributed by atoms with Gasteiger partial charge in [0, 0.05) is 18.4 Å². The van der Waals surface area contributed by atoms with Gasteiger partial charge in [-0.05, 0) is 54.4 Å². The molecular formula is C33H37NO. The van der Waals surface area contributed by atoms with Gasteiger partial charge in [0.25, 0.3) is 0 Å². The van der Waals surface area contributed by atoms with Crippen LogP contribution in [-0.2, 0) is 0 Å². The number of hydrogen-bond donors (Lipinski definition) is 0. The van der Waals surface area contributed by atoms with Crippen LogP contribution >= 0.6 is 0 Å². The van der Waals surface area contributed by atoms with Crippen molar-refractivity contribution in [3.63, 3.8) is 0 Å². The Labute approximate surface area is 211 Å². The lowest BCUT2D eigenvalue weighted by Gasteiger charge is -2.30. The van der Waals surface area contributed by atoms with E-state index in [0.717, 1.165) is 25.4 Å². The second-order valence-corrected chi connectivity index (χ2v) is 9.13. The topological polar surface area (TPSA) is 12.5 Å². The first-order valence-corrected chi connectivity index (χ1v) is 12.8. The normalized spacial score (nSPS) is 12.1. The van der Waals surface area contributed by atoms with Gasteiger partial charge in [-0.2, -0.15) is 0 Å². The molecule has 2 nitrogen and oxygen atoms in total. The monoisotopic (exact) mass is 463 g/mol. The highest BCUT2D eigenvalue weighted by molar-refractivity contribution is 5.46. The summed E-state index contributed by atoms with van der Waals surface area (Å²) in [4.78, 5) is 2.38. The van der Waals surface area contributed by atoms with Crippen LogP contribution in [0.15, 0.2) is 109 Å². The zero-order valence-electron chi connectivity index (χ0n) is 21.2. The van der Waals surface area contributed by atoms with E-state index < -0.39 is 0 Å². The molecule has 4 aromatic carbocycles. The van der Waals surface area contributed by atoms with Crippen molar-refractivity contribution in [2.75, 3.05) is 26.2 Å². The lowest BCUT2D eigenvalue weighted by Crippen LogP contribution is -2.27. The first-order valence-electron chi connectivity index (χ1n) is 12.8. The summed E-state index contributed by atoms with van der Waals surface area (Å²) in [5.41, 5.74) is 6.54. The molecule has 0 aliphatic heterocycles. The molecule has 4 rings (SSSR count). The van der Waals surface area contributed by atoms with E-state index in [4.69, 9.17) is 4.74 Å². The number of aryl methyl sites for hydroxylation is 1. The van der Waals surface area contributed by atoms with Gasteiger partial charge < -0.3 is 9.64 Å². The fourth-order valence-corrected chi connectivity index (χ4v) is 4.85. The molecular weight excluding hydrogens is 426 g/mol. The predicted molar refractivity (Wildman–Crippen MR) is 147 cm³/mol. The van der Waals surface area contributed by atoms with Crippen molar-refractivity contribution < 1.29 is 4.74 Å². The molecule has 2 heteroatoms. The average molecular weight is 464 g/mol. The molecule has 1 atom stereocenters. The SMILES string of the molecule is CCN(CC)CCOc1ccc(C(c2ccc(C)cc2)C(c2ccccc2)c2ccccc2)cc1. The highest BCUT2D eigenvalue weighted by Crippen LogP contribution is 2.43. The molecule has 0 aliphatic rings. The summed E-state index contributed by atoms with van der Waals surface area (Å²) >= 11 is 0. The van der Waals surface area contributed by atoms with Crippen LogP contribution in [0.4, 0.5) is 0 Å². The smallest absolute Gasteiger partial charge is 0.119 e. The van der Waals surface area contributed by atoms with Crippen molar-refractivity contribution in [2.45, 2.75) is 32.6 Å². The van der Waals surface area contributed by atoms with Gasteiger partial charge in [0.1, 0.15) is 12.4 Å². The number of nitrogens with zero attached hydrogens (tertiary/aromatic N) is 1. The van der Waals surface area contributed by atoms with E-state index in [1.807, 2.05) is 0 Å². The molecule has 0 saturated carbocycles. The molecule has 180 valence electrons. The molecule has 35 heavy (non-hydrogen) atoms. The minimum atomic E-state index is 0.185. The minimum Gasteiger partial charge on any atom is -0.492 e. The average Bonchev–Trinajstić information content (AvgIpc) is 2.92. The van der Waals surface area contributed by atoms with Crippen LogP contribution in [0.2, 0.25) is 0 Å². The Bertz CT molecular complexity index is 1090. The second-order valence-electron chi connectivity index (χ2n) is 9.13. The maximum Gasteiger partial charge on any atom is 0.119 e. The number of rotatable bonds is 11. The maximum atomic E-state index is 6.08. The summed E-state index contributed by atoms with van der Waals surface area (Å²) in [7, 11) is 0. The Morgan fingerprint density at radius 2 is 1.00 bits per heavy atom. The Kier molecular flexibility index (Phi) is 8.75. The Balaban J connectivity index is 1.70. The van der Waals surface area contributed by atoms with Crippen molar-refractivity contribution in [3.8, 4) is 5.75 Å². The van der Waals surface area contributed by atoms with Crippen molar-refractivity contribution >= 4 is 0 Å². The highest BCUT2D eigenvalue weighted by atomic mass is 16.5. The van der Waals surface area contributed by atoms with Crippen LogP contribution in [-0.4, -0.2) is 31.1 Å². The molecule has 0 aromatic heterocycles. The van der Waals surface area contributed by atoms with Crippen LogP contribution in [0.25, 0.3) is 0 Å². The van der Waals surface area contributed by atoms with Crippen molar-refractivity contribution in [1.29, 1.82) is 0 Å². The van der Waals surface area contributed by atoms with E-state index in [1.54, 1.807) is 0 Å². The van der Waals surface area contributed by atoms with E-state index in [0.29, 0.717) is 6.61 Å². The van der Waals surface area contributed by atoms with Crippen molar-refractivity contribution in [1.82, 2.24) is 4.90 Å². The van der Waals surface area contributed by atoms with Crippen LogP contribution in [0.3, 0.4) is 0 Å². The molecule has 4 aromatic rings. The van der Waals surface area contributed by atoms with Gasteiger partial charge in [0.15, 0.2) is 0 Å². The summed E-state index contributed by atoms with van der Waals surface area (Å²) < 4.78 is 6.08. The minimum absolute atomic E-state index is 0.185. The first-order chi connectivity index (χ1) is 17.2. The highest BCUT2D eigenvalue weighted by Gasteiger charge is 2.28. The summed E-state index contributed by atoms with van der Waals surface area (Å²) in [5, 5.41) is 0. The predicted octanol–water partition coefficient (Wildman–Crippen LogP) is 7.68. The summed E-state index contributed by atoms with van der Waals surface area (Å²) in [6, 6.07) is 39.5. The zero-order chi connectivity index (χ0) is 24.5. The fourth-order valence-electron chi connectivity index (χ4n) is 4.85. The number of likely N-dealkylation sites (N-methyl/N-ethyl adjacent to an activating group) is 1. The van der Waals surface area contributed by atoms with Gasteiger partial charge in [-0.3, -0.25) is 0 Å². The van der Waals surface area contributed by atoms with E-state index >= 15 is 0 Å². The molecule has 0 bridgehead atoms. The third-order valence-electron chi connectivity index (χ3n) is 6.90. The Hall–Kier alpha value is -3.36. The zero-order valence-corrected chi connectivity index (χ0v) is 21.2. The van der Waals surface area contributed by atoms with E-state index in [-0.39, 0.29) is 11.8 Å². The summed E-state index contributed by atoms with van der Waals surface area (Å²) in [6.07, 6.45) is 0. The molecule has 0 aliphatic carbocycles. The van der Waals surface area contributed by atoms with Crippen LogP contribution in [0.1, 0.15) is 53.5 Å². The number of benzene rings is 4. The van der Waals surface area contributed by atoms with Crippen LogP contribution in [0, 0.1) is 6.92 Å². The first kappa shape index (κ1) is 24.8. The van der Waals surface area contributed by atoms with Gasteiger partial charge >= 0.3 is 0 Å². The van der Waals surface area contributed by atoms with Gasteiger partial charge in [0.05, 0.1) is 0 Å². The molecule has 0 fully saturated rings. The Morgan fingerprint density at radius 3 is 1.46 bits per heavy atom. The largest absolute Gasteiger partial charge is 0.492 e. The van der Waals surface area contributed by atoms with E-state index in [2.05, 4.69) is 135 Å². The van der Waals surface area contributed by atoms with Crippen molar-refractivity contribution in [3.05, 3.63) is 137 Å². The third kappa shape index (κ3) is 6.41. The van der Waals surface area contributed by atoms with Crippen LogP contribution in [0.5, 0.6) is 5.75 Å². The molecule has 0 N–H and O–H groups in total. The standard InChI is InChI=1S/C33H37NO/c1-4-34(5-2)24-25-35-31-22-20-30(21-23-31)33(29-18-16-26(3)17-19-29)32(27-12-8-6-9-13-27)28-14-10-7-11-15-28/h6-23,32-33H,4-5,24-25H2,1-3H3. The third-order valence-corrected chi connectivity index (χ3v) is 6.90. The quantitative estimate of drug-likeness (QED) is 0.226. The fraction of sp³-hybridized carbons (Fsp3) is 0.273. The molecule has 0 saturated heterocycles. The summed E-state index contributed by atoms with van der Waals surface area (Å²) in [5.74, 6) is 1.32. The second kappa shape index (κ2) is 12.4. The maximum absolute atomic E-state index is 6.08. The van der Waals surface area contributed by atoms with Crippen LogP contribution < -0.4 is 4.74 Å². The molecule has 1 unspecified atom stereocenters. The van der Waals surface area contributed by atoms with Gasteiger partial charge in [-0.15, -0.1) is 0 Å². The number of ether oxygens (including phenoxy) is 1. The van der Waals surface area contributed by atoms with E-state index in [9.17, 15) is 0 Å². The molecule has 0 radical (unpaired) electrons. The molecule has 0 spiro atoms. The Morgan fingerprint density at radius 1 is 0.571 bits per heavy atom. The van der Waals surface area contributed by atoms with Crippen molar-refractivity contribution in [2.24, 2.45) is 0 Å². The number of hydrogen-bond acceptors (Lipinski definition) is 2. The van der Waals surface area contributed by atoms with Gasteiger partial charge in [-0.25, -0.2) is 0 Å². The lowest BCUT2D eigenvalue weighted by atomic mass is 9.73. The lowest BCUT2D eigenvalue weighted by molar-refractivity contribution is 0.223.